The summed E-state index contributed by atoms with van der Waals surface area (Å²) >= 11 is 0. The molecule has 8 atom stereocenters. The summed E-state index contributed by atoms with van der Waals surface area (Å²) in [6.45, 7) is 4.29. The van der Waals surface area contributed by atoms with Crippen molar-refractivity contribution in [3.05, 3.63) is 11.3 Å². The molecule has 0 saturated heterocycles. The van der Waals surface area contributed by atoms with Crippen LogP contribution in [0.15, 0.2) is 11.3 Å². The zero-order valence-corrected chi connectivity index (χ0v) is 15.2. The molecule has 4 heteroatoms. The van der Waals surface area contributed by atoms with Crippen molar-refractivity contribution >= 4 is 0 Å². The Balaban J connectivity index is 1.73. The summed E-state index contributed by atoms with van der Waals surface area (Å²) in [7, 11) is 0. The minimum absolute atomic E-state index is 0.0879. The number of terminal acetylenes is 1. The van der Waals surface area contributed by atoms with Crippen LogP contribution in [0.4, 0.5) is 0 Å². The lowest BCUT2D eigenvalue weighted by Crippen LogP contribution is -2.56. The van der Waals surface area contributed by atoms with Crippen LogP contribution >= 0.6 is 0 Å². The highest BCUT2D eigenvalue weighted by atomic mass is 16.3. The summed E-state index contributed by atoms with van der Waals surface area (Å²) < 4.78 is 0. The molecule has 3 unspecified atom stereocenters. The lowest BCUT2D eigenvalue weighted by Gasteiger charge is -2.58. The molecule has 4 N–H and O–H groups in total. The maximum absolute atomic E-state index is 11.0. The van der Waals surface area contributed by atoms with Crippen LogP contribution in [-0.4, -0.2) is 38.2 Å². The van der Waals surface area contributed by atoms with Gasteiger partial charge in [-0.3, -0.25) is 0 Å². The topological polar surface area (TPSA) is 80.9 Å². The summed E-state index contributed by atoms with van der Waals surface area (Å²) in [5.41, 5.74) is -0.933. The second kappa shape index (κ2) is 5.25. The number of aliphatic hydroxyl groups excluding tert-OH is 3. The molecule has 4 aliphatic carbocycles. The van der Waals surface area contributed by atoms with Gasteiger partial charge in [0, 0.05) is 5.41 Å². The van der Waals surface area contributed by atoms with Gasteiger partial charge in [-0.2, -0.15) is 0 Å². The van der Waals surface area contributed by atoms with Gasteiger partial charge in [-0.25, -0.2) is 0 Å². The lowest BCUT2D eigenvalue weighted by atomic mass is 9.46. The molecule has 0 aromatic heterocycles. The Morgan fingerprint density at radius 3 is 2.48 bits per heavy atom. The molecule has 0 bridgehead atoms. The van der Waals surface area contributed by atoms with Crippen LogP contribution < -0.4 is 0 Å². The number of fused-ring (bicyclic) bond motifs is 5. The molecule has 0 radical (unpaired) electrons. The van der Waals surface area contributed by atoms with E-state index in [-0.39, 0.29) is 17.1 Å². The minimum atomic E-state index is -1.44. The molecular formula is C21H30O4. The normalized spacial score (nSPS) is 55.1. The number of hydrogen-bond acceptors (Lipinski definition) is 4. The fourth-order valence-corrected chi connectivity index (χ4v) is 7.11. The van der Waals surface area contributed by atoms with Gasteiger partial charge in [0.25, 0.3) is 0 Å². The number of hydrogen-bond donors (Lipinski definition) is 4. The van der Waals surface area contributed by atoms with Crippen molar-refractivity contribution in [1.29, 1.82) is 0 Å². The molecule has 3 fully saturated rings. The third-order valence-corrected chi connectivity index (χ3v) is 8.67. The van der Waals surface area contributed by atoms with Gasteiger partial charge in [-0.1, -0.05) is 19.8 Å². The maximum Gasteiger partial charge on any atom is 0.156 e. The second-order valence-corrected chi connectivity index (χ2v) is 9.37. The predicted octanol–water partition coefficient (Wildman–Crippen LogP) is 2.53. The van der Waals surface area contributed by atoms with Crippen LogP contribution in [0.2, 0.25) is 0 Å². The van der Waals surface area contributed by atoms with E-state index in [1.165, 1.54) is 0 Å². The predicted molar refractivity (Wildman–Crippen MR) is 94.5 cm³/mol. The van der Waals surface area contributed by atoms with E-state index in [0.29, 0.717) is 24.7 Å². The van der Waals surface area contributed by atoms with E-state index in [0.717, 1.165) is 37.7 Å². The SMILES string of the molecule is C#CC1(O)C(O)C[C@H]2[C@@H]3CCC4=C(O)C(O)CC[C@]4(C)[C@@H]3CC[C@@]21C. The van der Waals surface area contributed by atoms with Gasteiger partial charge < -0.3 is 20.4 Å². The van der Waals surface area contributed by atoms with Crippen LogP contribution in [0.3, 0.4) is 0 Å². The quantitative estimate of drug-likeness (QED) is 0.508. The molecule has 25 heavy (non-hydrogen) atoms. The van der Waals surface area contributed by atoms with Gasteiger partial charge >= 0.3 is 0 Å². The van der Waals surface area contributed by atoms with Crippen LogP contribution in [0.1, 0.15) is 58.8 Å². The Morgan fingerprint density at radius 1 is 1.08 bits per heavy atom. The van der Waals surface area contributed by atoms with Gasteiger partial charge in [-0.15, -0.1) is 6.42 Å². The van der Waals surface area contributed by atoms with Crippen molar-refractivity contribution < 1.29 is 20.4 Å². The Labute approximate surface area is 150 Å². The largest absolute Gasteiger partial charge is 0.510 e. The molecule has 0 spiro atoms. The average molecular weight is 346 g/mol. The third kappa shape index (κ3) is 1.95. The standard InChI is InChI=1S/C21H30O4/c1-4-21(25)17(23)11-15-12-5-6-14-18(24)16(22)8-9-19(14,2)13(12)7-10-20(15,21)3/h1,12-13,15-17,22-25H,5-11H2,2-3H3/t12-,13-,15+,16?,17?,19-,20+,21?/m1/s1. The van der Waals surface area contributed by atoms with Gasteiger partial charge in [-0.05, 0) is 73.7 Å². The van der Waals surface area contributed by atoms with Gasteiger partial charge in [0.1, 0.15) is 11.9 Å². The van der Waals surface area contributed by atoms with E-state index >= 15 is 0 Å². The molecule has 4 rings (SSSR count). The van der Waals surface area contributed by atoms with Crippen LogP contribution in [-0.2, 0) is 0 Å². The second-order valence-electron chi connectivity index (χ2n) is 9.37. The number of rotatable bonds is 0. The van der Waals surface area contributed by atoms with Crippen molar-refractivity contribution in [3.8, 4) is 12.3 Å². The first-order valence-corrected chi connectivity index (χ1v) is 9.68. The van der Waals surface area contributed by atoms with E-state index in [4.69, 9.17) is 6.42 Å². The van der Waals surface area contributed by atoms with Crippen LogP contribution in [0.25, 0.3) is 0 Å². The van der Waals surface area contributed by atoms with Crippen molar-refractivity contribution in [3.63, 3.8) is 0 Å². The van der Waals surface area contributed by atoms with E-state index in [1.807, 2.05) is 0 Å². The Kier molecular flexibility index (Phi) is 3.65. The van der Waals surface area contributed by atoms with Gasteiger partial charge in [0.05, 0.1) is 6.10 Å². The zero-order valence-electron chi connectivity index (χ0n) is 15.2. The molecule has 138 valence electrons. The first-order chi connectivity index (χ1) is 11.7. The van der Waals surface area contributed by atoms with E-state index in [2.05, 4.69) is 19.8 Å². The smallest absolute Gasteiger partial charge is 0.156 e. The van der Waals surface area contributed by atoms with E-state index in [1.54, 1.807) is 0 Å². The van der Waals surface area contributed by atoms with Crippen LogP contribution in [0, 0.1) is 40.9 Å². The summed E-state index contributed by atoms with van der Waals surface area (Å²) in [5.74, 6) is 3.74. The van der Waals surface area contributed by atoms with Crippen molar-refractivity contribution in [2.24, 2.45) is 28.6 Å². The summed E-state index contributed by atoms with van der Waals surface area (Å²) in [5, 5.41) is 42.1. The highest BCUT2D eigenvalue weighted by Gasteiger charge is 2.67. The molecule has 0 aromatic rings. The monoisotopic (exact) mass is 346 g/mol. The Hall–Kier alpha value is -1.02. The van der Waals surface area contributed by atoms with E-state index < -0.39 is 23.2 Å². The molecule has 0 aromatic carbocycles. The fraction of sp³-hybridized carbons (Fsp3) is 0.810. The van der Waals surface area contributed by atoms with Gasteiger partial charge in [0.15, 0.2) is 5.60 Å². The van der Waals surface area contributed by atoms with Crippen molar-refractivity contribution in [1.82, 2.24) is 0 Å². The lowest BCUT2D eigenvalue weighted by molar-refractivity contribution is -0.122. The third-order valence-electron chi connectivity index (χ3n) is 8.67. The van der Waals surface area contributed by atoms with Crippen LogP contribution in [0.5, 0.6) is 0 Å². The summed E-state index contributed by atoms with van der Waals surface area (Å²) in [4.78, 5) is 0. The highest BCUT2D eigenvalue weighted by molar-refractivity contribution is 5.31. The van der Waals surface area contributed by atoms with Gasteiger partial charge in [0.2, 0.25) is 0 Å². The molecular weight excluding hydrogens is 316 g/mol. The first-order valence-electron chi connectivity index (χ1n) is 9.68. The van der Waals surface area contributed by atoms with E-state index in [9.17, 15) is 20.4 Å². The Bertz CT molecular complexity index is 663. The minimum Gasteiger partial charge on any atom is -0.510 e. The molecule has 3 saturated carbocycles. The summed E-state index contributed by atoms with van der Waals surface area (Å²) in [6.07, 6.45) is 9.59. The number of allylic oxidation sites excluding steroid dienone is 1. The first kappa shape index (κ1) is 17.4. The molecule has 0 amide bonds. The average Bonchev–Trinajstić information content (AvgIpc) is 2.79. The van der Waals surface area contributed by atoms with Crippen molar-refractivity contribution in [2.45, 2.75) is 76.6 Å². The number of aliphatic hydroxyl groups is 4. The Morgan fingerprint density at radius 2 is 1.80 bits per heavy atom. The molecule has 4 nitrogen and oxygen atoms in total. The van der Waals surface area contributed by atoms with Crippen molar-refractivity contribution in [2.75, 3.05) is 0 Å². The molecule has 4 aliphatic rings. The molecule has 0 aliphatic heterocycles. The summed E-state index contributed by atoms with van der Waals surface area (Å²) in [6, 6.07) is 0. The molecule has 0 heterocycles. The fourth-order valence-electron chi connectivity index (χ4n) is 7.11. The zero-order chi connectivity index (χ0) is 18.2. The highest BCUT2D eigenvalue weighted by Crippen LogP contribution is 2.67. The maximum atomic E-state index is 11.0.